The molecule has 0 saturated carbocycles. The SMILES string of the molecule is NC(=O)C(O)Cn1nccn1. The van der Waals surface area contributed by atoms with Crippen molar-refractivity contribution in [2.45, 2.75) is 12.6 Å². The molecule has 0 aliphatic rings. The zero-order valence-corrected chi connectivity index (χ0v) is 5.71. The second-order valence-electron chi connectivity index (χ2n) is 2.00. The van der Waals surface area contributed by atoms with Gasteiger partial charge in [-0.25, -0.2) is 0 Å². The van der Waals surface area contributed by atoms with E-state index in [0.717, 1.165) is 0 Å². The summed E-state index contributed by atoms with van der Waals surface area (Å²) in [5.41, 5.74) is 4.79. The molecule has 1 aromatic heterocycles. The number of carbonyl (C=O) groups is 1. The topological polar surface area (TPSA) is 94.0 Å². The Morgan fingerprint density at radius 2 is 2.18 bits per heavy atom. The summed E-state index contributed by atoms with van der Waals surface area (Å²) in [5.74, 6) is -0.776. The molecule has 0 aliphatic carbocycles. The molecule has 6 nitrogen and oxygen atoms in total. The summed E-state index contributed by atoms with van der Waals surface area (Å²) in [7, 11) is 0. The quantitative estimate of drug-likeness (QED) is 0.535. The normalized spacial score (nSPS) is 12.8. The van der Waals surface area contributed by atoms with Crippen molar-refractivity contribution >= 4 is 5.91 Å². The van der Waals surface area contributed by atoms with Gasteiger partial charge in [-0.2, -0.15) is 15.0 Å². The maximum absolute atomic E-state index is 10.3. The molecule has 1 atom stereocenters. The first kappa shape index (κ1) is 7.67. The zero-order chi connectivity index (χ0) is 8.27. The van der Waals surface area contributed by atoms with E-state index < -0.39 is 12.0 Å². The first-order valence-corrected chi connectivity index (χ1v) is 3.01. The maximum atomic E-state index is 10.3. The first-order chi connectivity index (χ1) is 5.20. The molecular weight excluding hydrogens is 148 g/mol. The predicted molar refractivity (Wildman–Crippen MR) is 35.2 cm³/mol. The van der Waals surface area contributed by atoms with Crippen LogP contribution in [0.25, 0.3) is 0 Å². The molecule has 60 valence electrons. The van der Waals surface area contributed by atoms with E-state index in [1.54, 1.807) is 0 Å². The predicted octanol–water partition coefficient (Wildman–Crippen LogP) is -1.88. The Morgan fingerprint density at radius 1 is 1.64 bits per heavy atom. The molecule has 0 aliphatic heterocycles. The Balaban J connectivity index is 2.50. The van der Waals surface area contributed by atoms with Crippen LogP contribution in [0.15, 0.2) is 12.4 Å². The van der Waals surface area contributed by atoms with Crippen LogP contribution in [0.4, 0.5) is 0 Å². The third-order valence-electron chi connectivity index (χ3n) is 1.13. The molecule has 0 spiro atoms. The molecule has 0 fully saturated rings. The summed E-state index contributed by atoms with van der Waals surface area (Å²) in [5, 5.41) is 16.3. The van der Waals surface area contributed by atoms with E-state index in [4.69, 9.17) is 10.8 Å². The fraction of sp³-hybridized carbons (Fsp3) is 0.400. The lowest BCUT2D eigenvalue weighted by atomic mass is 10.3. The number of nitrogens with two attached hydrogens (primary N) is 1. The molecule has 6 heteroatoms. The number of aliphatic hydroxyl groups is 1. The van der Waals surface area contributed by atoms with Gasteiger partial charge in [0, 0.05) is 0 Å². The van der Waals surface area contributed by atoms with Crippen molar-refractivity contribution in [1.29, 1.82) is 0 Å². The molecule has 11 heavy (non-hydrogen) atoms. The number of nitrogens with zero attached hydrogens (tertiary/aromatic N) is 3. The van der Waals surface area contributed by atoms with Crippen LogP contribution in [0.1, 0.15) is 0 Å². The molecule has 0 aromatic carbocycles. The molecule has 0 bridgehead atoms. The van der Waals surface area contributed by atoms with Gasteiger partial charge >= 0.3 is 0 Å². The summed E-state index contributed by atoms with van der Waals surface area (Å²) in [6, 6.07) is 0. The highest BCUT2D eigenvalue weighted by Crippen LogP contribution is 1.85. The van der Waals surface area contributed by atoms with Gasteiger partial charge in [0.05, 0.1) is 18.9 Å². The number of aromatic nitrogens is 3. The van der Waals surface area contributed by atoms with Crippen molar-refractivity contribution in [2.24, 2.45) is 5.73 Å². The monoisotopic (exact) mass is 156 g/mol. The van der Waals surface area contributed by atoms with Crippen molar-refractivity contribution in [3.05, 3.63) is 12.4 Å². The highest BCUT2D eigenvalue weighted by Gasteiger charge is 2.11. The largest absolute Gasteiger partial charge is 0.381 e. The highest BCUT2D eigenvalue weighted by molar-refractivity contribution is 5.78. The van der Waals surface area contributed by atoms with Gasteiger partial charge in [0.1, 0.15) is 0 Å². The van der Waals surface area contributed by atoms with Crippen molar-refractivity contribution in [2.75, 3.05) is 0 Å². The summed E-state index contributed by atoms with van der Waals surface area (Å²) < 4.78 is 0. The number of aliphatic hydroxyl groups excluding tert-OH is 1. The van der Waals surface area contributed by atoms with Gasteiger partial charge in [-0.3, -0.25) is 4.79 Å². The van der Waals surface area contributed by atoms with Crippen molar-refractivity contribution in [3.63, 3.8) is 0 Å². The van der Waals surface area contributed by atoms with Gasteiger partial charge in [0.25, 0.3) is 0 Å². The molecule has 1 rings (SSSR count). The fourth-order valence-electron chi connectivity index (χ4n) is 0.582. The Bertz CT molecular complexity index is 233. The third kappa shape index (κ3) is 2.01. The number of rotatable bonds is 3. The van der Waals surface area contributed by atoms with Gasteiger partial charge < -0.3 is 10.8 Å². The Kier molecular flexibility index (Phi) is 2.17. The number of primary amides is 1. The average molecular weight is 156 g/mol. The van der Waals surface area contributed by atoms with Crippen molar-refractivity contribution < 1.29 is 9.90 Å². The molecule has 1 amide bonds. The number of hydrogen-bond donors (Lipinski definition) is 2. The molecule has 3 N–H and O–H groups in total. The van der Waals surface area contributed by atoms with Crippen molar-refractivity contribution in [1.82, 2.24) is 15.0 Å². The summed E-state index contributed by atoms with van der Waals surface area (Å²) in [6.07, 6.45) is 1.68. The number of amides is 1. The van der Waals surface area contributed by atoms with Gasteiger partial charge in [-0.15, -0.1) is 0 Å². The molecule has 1 unspecified atom stereocenters. The average Bonchev–Trinajstić information content (AvgIpc) is 2.39. The summed E-state index contributed by atoms with van der Waals surface area (Å²) in [6.45, 7) is 0.00231. The van der Waals surface area contributed by atoms with Gasteiger partial charge in [-0.05, 0) is 0 Å². The fourth-order valence-corrected chi connectivity index (χ4v) is 0.582. The van der Waals surface area contributed by atoms with E-state index in [9.17, 15) is 4.79 Å². The number of hydrogen-bond acceptors (Lipinski definition) is 4. The van der Waals surface area contributed by atoms with Gasteiger partial charge in [0.2, 0.25) is 5.91 Å². The lowest BCUT2D eigenvalue weighted by Gasteiger charge is -2.03. The molecule has 0 radical (unpaired) electrons. The summed E-state index contributed by atoms with van der Waals surface area (Å²) in [4.78, 5) is 11.5. The molecule has 1 heterocycles. The first-order valence-electron chi connectivity index (χ1n) is 3.01. The second-order valence-corrected chi connectivity index (χ2v) is 2.00. The van der Waals surface area contributed by atoms with Crippen LogP contribution in [-0.4, -0.2) is 32.1 Å². The Morgan fingerprint density at radius 3 is 2.64 bits per heavy atom. The minimum atomic E-state index is -1.22. The number of carbonyl (C=O) groups excluding carboxylic acids is 1. The highest BCUT2D eigenvalue weighted by atomic mass is 16.3. The van der Waals surface area contributed by atoms with Crippen LogP contribution in [-0.2, 0) is 11.3 Å². The van der Waals surface area contributed by atoms with Crippen LogP contribution in [0.2, 0.25) is 0 Å². The van der Waals surface area contributed by atoms with Crippen LogP contribution in [0, 0.1) is 0 Å². The lowest BCUT2D eigenvalue weighted by Crippen LogP contribution is -2.32. The van der Waals surface area contributed by atoms with E-state index in [1.807, 2.05) is 0 Å². The second kappa shape index (κ2) is 3.11. The molecular formula is C5H8N4O2. The van der Waals surface area contributed by atoms with E-state index in [2.05, 4.69) is 10.2 Å². The lowest BCUT2D eigenvalue weighted by molar-refractivity contribution is -0.126. The van der Waals surface area contributed by atoms with E-state index >= 15 is 0 Å². The van der Waals surface area contributed by atoms with Crippen molar-refractivity contribution in [3.8, 4) is 0 Å². The van der Waals surface area contributed by atoms with Gasteiger partial charge in [-0.1, -0.05) is 0 Å². The van der Waals surface area contributed by atoms with Crippen LogP contribution in [0.3, 0.4) is 0 Å². The third-order valence-corrected chi connectivity index (χ3v) is 1.13. The van der Waals surface area contributed by atoms with Crippen LogP contribution < -0.4 is 5.73 Å². The van der Waals surface area contributed by atoms with E-state index in [1.165, 1.54) is 17.2 Å². The maximum Gasteiger partial charge on any atom is 0.248 e. The minimum absolute atomic E-state index is 0.00231. The minimum Gasteiger partial charge on any atom is -0.381 e. The Labute approximate surface area is 62.6 Å². The smallest absolute Gasteiger partial charge is 0.248 e. The van der Waals surface area contributed by atoms with Crippen LogP contribution in [0.5, 0.6) is 0 Å². The van der Waals surface area contributed by atoms with Gasteiger partial charge in [0.15, 0.2) is 6.10 Å². The zero-order valence-electron chi connectivity index (χ0n) is 5.71. The standard InChI is InChI=1S/C5H8N4O2/c6-5(11)4(10)3-9-7-1-2-8-9/h1-2,4,10H,3H2,(H2,6,11). The van der Waals surface area contributed by atoms with Crippen LogP contribution >= 0.6 is 0 Å². The Hall–Kier alpha value is -1.43. The summed E-state index contributed by atoms with van der Waals surface area (Å²) >= 11 is 0. The van der Waals surface area contributed by atoms with E-state index in [0.29, 0.717) is 0 Å². The van der Waals surface area contributed by atoms with E-state index in [-0.39, 0.29) is 6.54 Å². The molecule has 0 saturated heterocycles. The molecule has 1 aromatic rings.